The van der Waals surface area contributed by atoms with Gasteiger partial charge in [-0.15, -0.1) is 5.10 Å². The molecule has 0 atom stereocenters. The van der Waals surface area contributed by atoms with Crippen molar-refractivity contribution in [2.45, 2.75) is 13.8 Å². The summed E-state index contributed by atoms with van der Waals surface area (Å²) in [7, 11) is 1.65. The Morgan fingerprint density at radius 2 is 1.81 bits per heavy atom. The Hall–Kier alpha value is -3.41. The van der Waals surface area contributed by atoms with E-state index in [1.54, 1.807) is 11.6 Å². The highest BCUT2D eigenvalue weighted by atomic mass is 16.5. The molecule has 0 bridgehead atoms. The van der Waals surface area contributed by atoms with Crippen LogP contribution in [0.2, 0.25) is 0 Å². The van der Waals surface area contributed by atoms with Crippen LogP contribution in [0.1, 0.15) is 11.3 Å². The van der Waals surface area contributed by atoms with E-state index in [9.17, 15) is 0 Å². The number of aryl methyl sites for hydroxylation is 2. The van der Waals surface area contributed by atoms with Gasteiger partial charge in [-0.25, -0.2) is 4.98 Å². The first-order valence-corrected chi connectivity index (χ1v) is 8.35. The summed E-state index contributed by atoms with van der Waals surface area (Å²) in [6.07, 6.45) is 0. The number of rotatable bonds is 4. The van der Waals surface area contributed by atoms with Gasteiger partial charge in [-0.2, -0.15) is 9.50 Å². The van der Waals surface area contributed by atoms with E-state index in [0.29, 0.717) is 11.6 Å². The number of ether oxygens (including phenoxy) is 1. The highest BCUT2D eigenvalue weighted by Gasteiger charge is 2.12. The van der Waals surface area contributed by atoms with E-state index >= 15 is 0 Å². The van der Waals surface area contributed by atoms with Crippen LogP contribution in [0.4, 0.5) is 11.5 Å². The number of fused-ring (bicyclic) bond motifs is 1. The monoisotopic (exact) mass is 345 g/mol. The van der Waals surface area contributed by atoms with Crippen molar-refractivity contribution < 1.29 is 4.74 Å². The first-order chi connectivity index (χ1) is 12.6. The molecule has 26 heavy (non-hydrogen) atoms. The first kappa shape index (κ1) is 16.1. The summed E-state index contributed by atoms with van der Waals surface area (Å²) in [5.74, 6) is 2.80. The summed E-state index contributed by atoms with van der Waals surface area (Å²) in [6, 6.07) is 17.8. The van der Waals surface area contributed by atoms with Crippen molar-refractivity contribution in [3.05, 3.63) is 65.9 Å². The van der Waals surface area contributed by atoms with Crippen molar-refractivity contribution >= 4 is 17.3 Å². The lowest BCUT2D eigenvalue weighted by Crippen LogP contribution is -2.02. The number of hydrogen-bond acceptors (Lipinski definition) is 5. The van der Waals surface area contributed by atoms with Crippen LogP contribution in [0.3, 0.4) is 0 Å². The van der Waals surface area contributed by atoms with Crippen LogP contribution in [-0.4, -0.2) is 26.7 Å². The van der Waals surface area contributed by atoms with Crippen LogP contribution in [0.15, 0.2) is 54.6 Å². The van der Waals surface area contributed by atoms with Gasteiger partial charge in [0.1, 0.15) is 11.6 Å². The Kier molecular flexibility index (Phi) is 4.01. The van der Waals surface area contributed by atoms with Crippen LogP contribution in [0.5, 0.6) is 5.75 Å². The highest BCUT2D eigenvalue weighted by molar-refractivity contribution is 5.63. The van der Waals surface area contributed by atoms with Gasteiger partial charge >= 0.3 is 0 Å². The van der Waals surface area contributed by atoms with Crippen LogP contribution >= 0.6 is 0 Å². The summed E-state index contributed by atoms with van der Waals surface area (Å²) in [4.78, 5) is 9.10. The van der Waals surface area contributed by atoms with Crippen molar-refractivity contribution in [1.29, 1.82) is 0 Å². The summed E-state index contributed by atoms with van der Waals surface area (Å²) in [5, 5.41) is 8.03. The molecule has 2 aromatic carbocycles. The second kappa shape index (κ2) is 6.48. The van der Waals surface area contributed by atoms with Gasteiger partial charge in [-0.05, 0) is 32.0 Å². The van der Waals surface area contributed by atoms with Gasteiger partial charge in [0.2, 0.25) is 0 Å². The van der Waals surface area contributed by atoms with E-state index in [1.807, 2.05) is 49.4 Å². The fourth-order valence-electron chi connectivity index (χ4n) is 2.83. The average molecular weight is 345 g/mol. The fraction of sp³-hybridized carbons (Fsp3) is 0.150. The third-order valence-corrected chi connectivity index (χ3v) is 4.06. The molecule has 4 aromatic rings. The van der Waals surface area contributed by atoms with Crippen molar-refractivity contribution in [3.8, 4) is 17.1 Å². The zero-order chi connectivity index (χ0) is 18.1. The maximum Gasteiger partial charge on any atom is 0.254 e. The summed E-state index contributed by atoms with van der Waals surface area (Å²) in [6.45, 7) is 4.00. The second-order valence-corrected chi connectivity index (χ2v) is 6.16. The molecule has 0 saturated carbocycles. The molecule has 1 N–H and O–H groups in total. The average Bonchev–Trinajstić information content (AvgIpc) is 3.06. The molecule has 0 aliphatic rings. The highest BCUT2D eigenvalue weighted by Crippen LogP contribution is 2.24. The summed E-state index contributed by atoms with van der Waals surface area (Å²) in [5.41, 5.74) is 3.91. The van der Waals surface area contributed by atoms with Crippen molar-refractivity contribution in [2.24, 2.45) is 0 Å². The molecule has 0 fully saturated rings. The molecule has 0 saturated heterocycles. The van der Waals surface area contributed by atoms with Gasteiger partial charge in [0, 0.05) is 29.1 Å². The predicted octanol–water partition coefficient (Wildman–Crippen LogP) is 4.16. The number of benzene rings is 2. The van der Waals surface area contributed by atoms with Gasteiger partial charge in [-0.1, -0.05) is 29.8 Å². The van der Waals surface area contributed by atoms with Crippen molar-refractivity contribution in [1.82, 2.24) is 19.6 Å². The maximum absolute atomic E-state index is 5.29. The van der Waals surface area contributed by atoms with Gasteiger partial charge in [0.05, 0.1) is 7.11 Å². The largest absolute Gasteiger partial charge is 0.497 e. The standard InChI is InChI=1S/C20H19N5O/c1-13-6-4-7-15(10-13)19-23-20-21-14(2)11-18(25(20)24-19)22-16-8-5-9-17(12-16)26-3/h4-12,22H,1-3H3. The topological polar surface area (TPSA) is 64.3 Å². The first-order valence-electron chi connectivity index (χ1n) is 8.35. The normalized spacial score (nSPS) is 10.9. The minimum Gasteiger partial charge on any atom is -0.497 e. The van der Waals surface area contributed by atoms with Crippen molar-refractivity contribution in [3.63, 3.8) is 0 Å². The zero-order valence-electron chi connectivity index (χ0n) is 14.9. The van der Waals surface area contributed by atoms with E-state index in [1.165, 1.54) is 5.56 Å². The molecule has 2 heterocycles. The quantitative estimate of drug-likeness (QED) is 0.602. The Balaban J connectivity index is 1.79. The minimum atomic E-state index is 0.562. The molecule has 4 rings (SSSR count). The molecule has 2 aromatic heterocycles. The third-order valence-electron chi connectivity index (χ3n) is 4.06. The molecule has 130 valence electrons. The Morgan fingerprint density at radius 1 is 0.962 bits per heavy atom. The molecule has 6 heteroatoms. The molecular weight excluding hydrogens is 326 g/mol. The molecule has 6 nitrogen and oxygen atoms in total. The molecule has 0 aliphatic heterocycles. The predicted molar refractivity (Wildman–Crippen MR) is 102 cm³/mol. The Labute approximate surface area is 151 Å². The fourth-order valence-corrected chi connectivity index (χ4v) is 2.83. The van der Waals surface area contributed by atoms with E-state index < -0.39 is 0 Å². The second-order valence-electron chi connectivity index (χ2n) is 6.16. The number of nitrogens with zero attached hydrogens (tertiary/aromatic N) is 4. The lowest BCUT2D eigenvalue weighted by molar-refractivity contribution is 0.415. The van der Waals surface area contributed by atoms with Crippen LogP contribution in [0.25, 0.3) is 17.2 Å². The van der Waals surface area contributed by atoms with E-state index in [-0.39, 0.29) is 0 Å². The lowest BCUT2D eigenvalue weighted by Gasteiger charge is -2.09. The molecule has 0 amide bonds. The zero-order valence-corrected chi connectivity index (χ0v) is 14.9. The minimum absolute atomic E-state index is 0.562. The third kappa shape index (κ3) is 3.09. The molecule has 0 aliphatic carbocycles. The van der Waals surface area contributed by atoms with Gasteiger partial charge in [0.15, 0.2) is 5.82 Å². The SMILES string of the molecule is COc1cccc(Nc2cc(C)nc3nc(-c4cccc(C)c4)nn23)c1. The van der Waals surface area contributed by atoms with Gasteiger partial charge in [0.25, 0.3) is 5.78 Å². The number of nitrogens with one attached hydrogen (secondary N) is 1. The van der Waals surface area contributed by atoms with Gasteiger partial charge in [-0.3, -0.25) is 0 Å². The molecule has 0 spiro atoms. The van der Waals surface area contributed by atoms with Crippen LogP contribution in [-0.2, 0) is 0 Å². The maximum atomic E-state index is 5.29. The van der Waals surface area contributed by atoms with E-state index in [4.69, 9.17) is 4.74 Å². The number of aromatic nitrogens is 4. The van der Waals surface area contributed by atoms with E-state index in [0.717, 1.165) is 28.5 Å². The summed E-state index contributed by atoms with van der Waals surface area (Å²) >= 11 is 0. The van der Waals surface area contributed by atoms with Crippen LogP contribution < -0.4 is 10.1 Å². The van der Waals surface area contributed by atoms with E-state index in [2.05, 4.69) is 39.4 Å². The Bertz CT molecular complexity index is 1090. The Morgan fingerprint density at radius 3 is 2.62 bits per heavy atom. The van der Waals surface area contributed by atoms with Gasteiger partial charge < -0.3 is 10.1 Å². The number of methoxy groups -OCH3 is 1. The lowest BCUT2D eigenvalue weighted by atomic mass is 10.1. The van der Waals surface area contributed by atoms with Crippen LogP contribution in [0, 0.1) is 13.8 Å². The summed E-state index contributed by atoms with van der Waals surface area (Å²) < 4.78 is 7.02. The molecule has 0 unspecified atom stereocenters. The smallest absolute Gasteiger partial charge is 0.254 e. The van der Waals surface area contributed by atoms with Crippen molar-refractivity contribution in [2.75, 3.05) is 12.4 Å². The number of anilines is 2. The molecular formula is C20H19N5O. The molecule has 0 radical (unpaired) electrons. The number of hydrogen-bond donors (Lipinski definition) is 1.